The highest BCUT2D eigenvalue weighted by atomic mass is 16.5. The van der Waals surface area contributed by atoms with Crippen molar-refractivity contribution in [1.82, 2.24) is 10.6 Å². The topological polar surface area (TPSA) is 70.6 Å². The first-order valence-corrected chi connectivity index (χ1v) is 7.38. The van der Waals surface area contributed by atoms with E-state index in [4.69, 9.17) is 4.74 Å². The monoisotopic (exact) mass is 272 g/mol. The van der Waals surface area contributed by atoms with Crippen LogP contribution in [0.15, 0.2) is 0 Å². The number of hydrogen-bond acceptors (Lipinski definition) is 3. The first-order chi connectivity index (χ1) is 9.09. The van der Waals surface area contributed by atoms with Gasteiger partial charge in [-0.25, -0.2) is 4.79 Å². The number of aliphatic hydroxyl groups excluding tert-OH is 1. The molecule has 1 fully saturated rings. The third-order valence-corrected chi connectivity index (χ3v) is 3.59. The maximum Gasteiger partial charge on any atom is 0.315 e. The number of nitrogens with one attached hydrogen (secondary N) is 2. The van der Waals surface area contributed by atoms with E-state index in [0.29, 0.717) is 6.54 Å². The van der Waals surface area contributed by atoms with E-state index in [9.17, 15) is 9.90 Å². The summed E-state index contributed by atoms with van der Waals surface area (Å²) in [6.07, 6.45) is 6.29. The van der Waals surface area contributed by atoms with E-state index in [1.54, 1.807) is 0 Å². The standard InChI is InChI=1S/C14H28N2O3/c1-3-8-14(2,11-17)16-13(18)15-9-7-12-6-4-5-10-19-12/h12,17H,3-11H2,1-2H3,(H2,15,16,18). The molecule has 2 unspecified atom stereocenters. The maximum atomic E-state index is 11.8. The van der Waals surface area contributed by atoms with Crippen LogP contribution in [0.1, 0.15) is 52.4 Å². The van der Waals surface area contributed by atoms with Crippen molar-refractivity contribution >= 4 is 6.03 Å². The molecule has 0 spiro atoms. The molecular weight excluding hydrogens is 244 g/mol. The number of carbonyl (C=O) groups is 1. The number of carbonyl (C=O) groups excluding carboxylic acids is 1. The molecule has 0 aliphatic carbocycles. The van der Waals surface area contributed by atoms with Crippen molar-refractivity contribution in [2.24, 2.45) is 0 Å². The predicted molar refractivity (Wildman–Crippen MR) is 75.1 cm³/mol. The number of hydrogen-bond donors (Lipinski definition) is 3. The minimum absolute atomic E-state index is 0.0417. The van der Waals surface area contributed by atoms with Crippen LogP contribution in [0.25, 0.3) is 0 Å². The molecule has 1 aliphatic rings. The van der Waals surface area contributed by atoms with Crippen LogP contribution in [0.5, 0.6) is 0 Å². The zero-order chi connectivity index (χ0) is 14.1. The summed E-state index contributed by atoms with van der Waals surface area (Å²) in [7, 11) is 0. The van der Waals surface area contributed by atoms with Gasteiger partial charge in [0.25, 0.3) is 0 Å². The average Bonchev–Trinajstić information content (AvgIpc) is 2.40. The van der Waals surface area contributed by atoms with Crippen LogP contribution in [0, 0.1) is 0 Å². The molecule has 1 aliphatic heterocycles. The highest BCUT2D eigenvalue weighted by Gasteiger charge is 2.24. The molecule has 1 heterocycles. The Morgan fingerprint density at radius 1 is 1.47 bits per heavy atom. The Balaban J connectivity index is 2.19. The molecule has 5 nitrogen and oxygen atoms in total. The van der Waals surface area contributed by atoms with Gasteiger partial charge in [0.1, 0.15) is 0 Å². The lowest BCUT2D eigenvalue weighted by molar-refractivity contribution is 0.0119. The van der Waals surface area contributed by atoms with Crippen molar-refractivity contribution in [2.75, 3.05) is 19.8 Å². The molecule has 2 amide bonds. The van der Waals surface area contributed by atoms with Crippen molar-refractivity contribution < 1.29 is 14.6 Å². The van der Waals surface area contributed by atoms with Crippen LogP contribution in [0.2, 0.25) is 0 Å². The molecule has 1 rings (SSSR count). The number of aliphatic hydroxyl groups is 1. The second kappa shape index (κ2) is 8.38. The third kappa shape index (κ3) is 6.25. The second-order valence-electron chi connectivity index (χ2n) is 5.63. The fraction of sp³-hybridized carbons (Fsp3) is 0.929. The lowest BCUT2D eigenvalue weighted by Crippen LogP contribution is -2.52. The summed E-state index contributed by atoms with van der Waals surface area (Å²) in [6.45, 7) is 5.31. The number of rotatable bonds is 7. The summed E-state index contributed by atoms with van der Waals surface area (Å²) >= 11 is 0. The third-order valence-electron chi connectivity index (χ3n) is 3.59. The first-order valence-electron chi connectivity index (χ1n) is 7.38. The minimum Gasteiger partial charge on any atom is -0.394 e. The fourth-order valence-corrected chi connectivity index (χ4v) is 2.43. The van der Waals surface area contributed by atoms with E-state index in [2.05, 4.69) is 10.6 Å². The van der Waals surface area contributed by atoms with Crippen LogP contribution in [-0.4, -0.2) is 42.5 Å². The van der Waals surface area contributed by atoms with Crippen molar-refractivity contribution in [1.29, 1.82) is 0 Å². The molecule has 2 atom stereocenters. The molecular formula is C14H28N2O3. The molecule has 0 radical (unpaired) electrons. The molecule has 0 bridgehead atoms. The Morgan fingerprint density at radius 3 is 2.84 bits per heavy atom. The van der Waals surface area contributed by atoms with Crippen LogP contribution >= 0.6 is 0 Å². The van der Waals surface area contributed by atoms with Crippen LogP contribution in [-0.2, 0) is 4.74 Å². The van der Waals surface area contributed by atoms with Crippen molar-refractivity contribution in [3.05, 3.63) is 0 Å². The van der Waals surface area contributed by atoms with Gasteiger partial charge >= 0.3 is 6.03 Å². The van der Waals surface area contributed by atoms with Gasteiger partial charge in [-0.3, -0.25) is 0 Å². The number of ether oxygens (including phenoxy) is 1. The Bertz CT molecular complexity index is 267. The summed E-state index contributed by atoms with van der Waals surface area (Å²) in [5.41, 5.74) is -0.528. The second-order valence-corrected chi connectivity index (χ2v) is 5.63. The summed E-state index contributed by atoms with van der Waals surface area (Å²) in [5, 5.41) is 15.0. The van der Waals surface area contributed by atoms with Gasteiger partial charge in [0, 0.05) is 13.2 Å². The van der Waals surface area contributed by atoms with Gasteiger partial charge < -0.3 is 20.5 Å². The lowest BCUT2D eigenvalue weighted by atomic mass is 9.98. The molecule has 5 heteroatoms. The Labute approximate surface area is 116 Å². The van der Waals surface area contributed by atoms with Crippen LogP contribution in [0.4, 0.5) is 4.79 Å². The normalized spacial score (nSPS) is 22.6. The van der Waals surface area contributed by atoms with E-state index in [0.717, 1.165) is 38.7 Å². The van der Waals surface area contributed by atoms with Crippen molar-refractivity contribution in [3.63, 3.8) is 0 Å². The van der Waals surface area contributed by atoms with Crippen molar-refractivity contribution in [2.45, 2.75) is 64.0 Å². The van der Waals surface area contributed by atoms with Crippen LogP contribution < -0.4 is 10.6 Å². The number of amides is 2. The van der Waals surface area contributed by atoms with Gasteiger partial charge in [0.05, 0.1) is 18.2 Å². The fourth-order valence-electron chi connectivity index (χ4n) is 2.43. The molecule has 1 saturated heterocycles. The van der Waals surface area contributed by atoms with Gasteiger partial charge in [0.15, 0.2) is 0 Å². The lowest BCUT2D eigenvalue weighted by Gasteiger charge is -2.28. The summed E-state index contributed by atoms with van der Waals surface area (Å²) in [4.78, 5) is 11.8. The highest BCUT2D eigenvalue weighted by molar-refractivity contribution is 5.74. The molecule has 0 saturated carbocycles. The predicted octanol–water partition coefficient (Wildman–Crippen LogP) is 1.80. The molecule has 112 valence electrons. The van der Waals surface area contributed by atoms with Crippen LogP contribution in [0.3, 0.4) is 0 Å². The van der Waals surface area contributed by atoms with E-state index < -0.39 is 5.54 Å². The van der Waals surface area contributed by atoms with E-state index in [1.165, 1.54) is 6.42 Å². The zero-order valence-corrected chi connectivity index (χ0v) is 12.2. The average molecular weight is 272 g/mol. The summed E-state index contributed by atoms with van der Waals surface area (Å²) in [5.74, 6) is 0. The zero-order valence-electron chi connectivity index (χ0n) is 12.2. The quantitative estimate of drug-likeness (QED) is 0.662. The minimum atomic E-state index is -0.528. The summed E-state index contributed by atoms with van der Waals surface area (Å²) in [6, 6.07) is -0.208. The SMILES string of the molecule is CCCC(C)(CO)NC(=O)NCCC1CCCCO1. The smallest absolute Gasteiger partial charge is 0.315 e. The Hall–Kier alpha value is -0.810. The maximum absolute atomic E-state index is 11.8. The van der Waals surface area contributed by atoms with Gasteiger partial charge in [-0.05, 0) is 39.0 Å². The first kappa shape index (κ1) is 16.2. The van der Waals surface area contributed by atoms with Gasteiger partial charge in [-0.2, -0.15) is 0 Å². The molecule has 0 aromatic carbocycles. The molecule has 0 aromatic rings. The Morgan fingerprint density at radius 2 is 2.26 bits per heavy atom. The van der Waals surface area contributed by atoms with Gasteiger partial charge in [0.2, 0.25) is 0 Å². The molecule has 3 N–H and O–H groups in total. The van der Waals surface area contributed by atoms with Gasteiger partial charge in [-0.1, -0.05) is 13.3 Å². The van der Waals surface area contributed by atoms with Gasteiger partial charge in [-0.15, -0.1) is 0 Å². The highest BCUT2D eigenvalue weighted by Crippen LogP contribution is 2.15. The van der Waals surface area contributed by atoms with E-state index in [1.807, 2.05) is 13.8 Å². The summed E-state index contributed by atoms with van der Waals surface area (Å²) < 4.78 is 5.61. The molecule has 19 heavy (non-hydrogen) atoms. The van der Waals surface area contributed by atoms with E-state index >= 15 is 0 Å². The van der Waals surface area contributed by atoms with E-state index in [-0.39, 0.29) is 18.7 Å². The Kier molecular flexibility index (Phi) is 7.16. The molecule has 0 aromatic heterocycles. The van der Waals surface area contributed by atoms with Crippen molar-refractivity contribution in [3.8, 4) is 0 Å². The number of urea groups is 1. The largest absolute Gasteiger partial charge is 0.394 e.